The quantitative estimate of drug-likeness (QED) is 0.151. The highest BCUT2D eigenvalue weighted by atomic mass is 32.2. The molecule has 2 aliphatic heterocycles. The molecule has 4 aromatic carbocycles. The first-order valence-corrected chi connectivity index (χ1v) is 17.1. The van der Waals surface area contributed by atoms with Crippen molar-refractivity contribution in [1.29, 1.82) is 0 Å². The molecule has 0 spiro atoms. The molecule has 1 fully saturated rings. The molecule has 11 heteroatoms. The van der Waals surface area contributed by atoms with Crippen molar-refractivity contribution in [3.05, 3.63) is 84.4 Å². The summed E-state index contributed by atoms with van der Waals surface area (Å²) in [5.74, 6) is 0.256. The van der Waals surface area contributed by atoms with Crippen LogP contribution in [0.3, 0.4) is 0 Å². The molecule has 254 valence electrons. The Morgan fingerprint density at radius 3 is 2.27 bits per heavy atom. The van der Waals surface area contributed by atoms with Gasteiger partial charge >= 0.3 is 12.1 Å². The zero-order valence-electron chi connectivity index (χ0n) is 27.5. The lowest BCUT2D eigenvalue weighted by Crippen LogP contribution is -2.48. The monoisotopic (exact) mass is 678 g/mol. The molecule has 1 unspecified atom stereocenters. The van der Waals surface area contributed by atoms with E-state index < -0.39 is 23.8 Å². The third-order valence-electron chi connectivity index (χ3n) is 8.90. The molecule has 0 saturated carbocycles. The van der Waals surface area contributed by atoms with Crippen molar-refractivity contribution < 1.29 is 27.4 Å². The van der Waals surface area contributed by atoms with Crippen molar-refractivity contribution in [2.45, 2.75) is 35.4 Å². The minimum atomic E-state index is -4.39. The third kappa shape index (κ3) is 7.69. The van der Waals surface area contributed by atoms with Crippen LogP contribution in [-0.4, -0.2) is 88.4 Å². The minimum Gasteiger partial charge on any atom is -0.478 e. The molecule has 7 nitrogen and oxygen atoms in total. The van der Waals surface area contributed by atoms with E-state index in [-0.39, 0.29) is 0 Å². The molecule has 4 aromatic rings. The zero-order valence-corrected chi connectivity index (χ0v) is 28.3. The second-order valence-corrected chi connectivity index (χ2v) is 13.5. The van der Waals surface area contributed by atoms with Gasteiger partial charge in [-0.1, -0.05) is 48.2 Å². The Morgan fingerprint density at radius 1 is 0.833 bits per heavy atom. The molecule has 0 aromatic heterocycles. The van der Waals surface area contributed by atoms with Crippen LogP contribution in [0.15, 0.2) is 88.7 Å². The molecule has 0 bridgehead atoms. The van der Waals surface area contributed by atoms with Gasteiger partial charge in [0.1, 0.15) is 12.4 Å². The number of carbonyl (C=O) groups excluding carboxylic acids is 1. The lowest BCUT2D eigenvalue weighted by Gasteiger charge is -2.36. The van der Waals surface area contributed by atoms with Crippen LogP contribution in [0, 0.1) is 0 Å². The first-order valence-electron chi connectivity index (χ1n) is 16.3. The summed E-state index contributed by atoms with van der Waals surface area (Å²) in [6, 6.07) is 23.8. The predicted octanol–water partition coefficient (Wildman–Crippen LogP) is 7.55. The molecular weight excluding hydrogens is 637 g/mol. The Morgan fingerprint density at radius 2 is 1.52 bits per heavy atom. The van der Waals surface area contributed by atoms with Crippen molar-refractivity contribution in [2.24, 2.45) is 0 Å². The Kier molecular flexibility index (Phi) is 10.4. The molecule has 1 saturated heterocycles. The van der Waals surface area contributed by atoms with Crippen LogP contribution in [0.2, 0.25) is 0 Å². The van der Waals surface area contributed by atoms with E-state index in [4.69, 9.17) is 9.47 Å². The number of piperazine rings is 1. The zero-order chi connectivity index (χ0) is 33.8. The number of para-hydroxylation sites is 1. The maximum atomic E-state index is 13.6. The van der Waals surface area contributed by atoms with Crippen LogP contribution in [0.5, 0.6) is 5.75 Å². The van der Waals surface area contributed by atoms with Gasteiger partial charge in [-0.15, -0.1) is 0 Å². The first kappa shape index (κ1) is 34.0. The van der Waals surface area contributed by atoms with E-state index >= 15 is 0 Å². The van der Waals surface area contributed by atoms with Crippen molar-refractivity contribution in [1.82, 2.24) is 9.80 Å². The molecule has 48 heavy (non-hydrogen) atoms. The summed E-state index contributed by atoms with van der Waals surface area (Å²) in [5, 5.41) is 2.00. The van der Waals surface area contributed by atoms with Gasteiger partial charge in [-0.3, -0.25) is 4.90 Å². The van der Waals surface area contributed by atoms with E-state index in [1.54, 1.807) is 13.0 Å². The average Bonchev–Trinajstić information content (AvgIpc) is 3.07. The average molecular weight is 679 g/mol. The van der Waals surface area contributed by atoms with Crippen molar-refractivity contribution in [3.63, 3.8) is 0 Å². The normalized spacial score (nSPS) is 15.9. The number of hydrogen-bond acceptors (Lipinski definition) is 8. The lowest BCUT2D eigenvalue weighted by atomic mass is 10.1. The van der Waals surface area contributed by atoms with Crippen LogP contribution < -0.4 is 14.5 Å². The molecule has 2 aliphatic rings. The van der Waals surface area contributed by atoms with Gasteiger partial charge in [0.2, 0.25) is 0 Å². The van der Waals surface area contributed by atoms with E-state index in [1.165, 1.54) is 23.9 Å². The highest BCUT2D eigenvalue weighted by Gasteiger charge is 2.33. The van der Waals surface area contributed by atoms with Gasteiger partial charge in [-0.25, -0.2) is 4.79 Å². The smallest absolute Gasteiger partial charge is 0.416 e. The fourth-order valence-corrected chi connectivity index (χ4v) is 7.40. The summed E-state index contributed by atoms with van der Waals surface area (Å²) < 4.78 is 52.3. The predicted molar refractivity (Wildman–Crippen MR) is 186 cm³/mol. The number of esters is 1. The van der Waals surface area contributed by atoms with E-state index in [2.05, 4.69) is 20.8 Å². The number of anilines is 3. The van der Waals surface area contributed by atoms with Gasteiger partial charge in [0.25, 0.3) is 0 Å². The first-order chi connectivity index (χ1) is 23.1. The fraction of sp³-hybridized carbons (Fsp3) is 0.378. The lowest BCUT2D eigenvalue weighted by molar-refractivity contribution is -0.151. The highest BCUT2D eigenvalue weighted by molar-refractivity contribution is 7.99. The number of nitrogens with zero attached hydrogens (tertiary/aromatic N) is 4. The third-order valence-corrected chi connectivity index (χ3v) is 10.0. The second kappa shape index (κ2) is 14.7. The minimum absolute atomic E-state index is 0.290. The number of fused-ring (bicyclic) bond motifs is 3. The van der Waals surface area contributed by atoms with Crippen LogP contribution in [-0.2, 0) is 15.7 Å². The molecule has 2 heterocycles. The summed E-state index contributed by atoms with van der Waals surface area (Å²) in [6.07, 6.45) is -4.31. The van der Waals surface area contributed by atoms with Crippen LogP contribution >= 0.6 is 11.8 Å². The second-order valence-electron chi connectivity index (χ2n) is 12.4. The van der Waals surface area contributed by atoms with E-state index in [0.29, 0.717) is 31.1 Å². The molecule has 1 atom stereocenters. The molecule has 0 N–H and O–H groups in total. The number of alkyl halides is 3. The Balaban J connectivity index is 0.952. The largest absolute Gasteiger partial charge is 0.478 e. The standard InChI is InChI=1S/C37H41F3N4O3S/c1-26(47-33-13-7-9-28-29(33)10-6-12-30(28)41(2)3)36(45)46-24-23-43-21-19-42(20-22-43)17-8-18-44-31-11-4-5-14-34(31)48-35-16-15-27(25-32(35)44)37(38,39)40/h4-7,9-16,25-26H,8,17-24H2,1-3H3. The molecule has 0 aliphatic carbocycles. The van der Waals surface area contributed by atoms with Crippen molar-refractivity contribution in [3.8, 4) is 5.75 Å². The number of halogens is 3. The summed E-state index contributed by atoms with van der Waals surface area (Å²) in [4.78, 5) is 23.4. The summed E-state index contributed by atoms with van der Waals surface area (Å²) >= 11 is 1.51. The van der Waals surface area contributed by atoms with Gasteiger partial charge in [0.15, 0.2) is 6.10 Å². The SMILES string of the molecule is CC(Oc1cccc2c(N(C)C)cccc12)C(=O)OCCN1CCN(CCCN2c3ccccc3Sc3ccc(C(F)(F)F)cc32)CC1. The van der Waals surface area contributed by atoms with Gasteiger partial charge in [-0.2, -0.15) is 13.2 Å². The molecule has 0 amide bonds. The molecular formula is C37H41F3N4O3S. The van der Waals surface area contributed by atoms with Gasteiger partial charge in [0, 0.05) is 79.6 Å². The number of carbonyl (C=O) groups is 1. The van der Waals surface area contributed by atoms with Gasteiger partial charge in [0.05, 0.1) is 16.9 Å². The number of rotatable bonds is 11. The maximum absolute atomic E-state index is 13.6. The Labute approximate surface area is 284 Å². The van der Waals surface area contributed by atoms with E-state index in [9.17, 15) is 18.0 Å². The Bertz CT molecular complexity index is 1740. The van der Waals surface area contributed by atoms with Crippen LogP contribution in [0.1, 0.15) is 18.9 Å². The number of ether oxygens (including phenoxy) is 2. The summed E-state index contributed by atoms with van der Waals surface area (Å²) in [6.45, 7) is 7.59. The highest BCUT2D eigenvalue weighted by Crippen LogP contribution is 2.49. The summed E-state index contributed by atoms with van der Waals surface area (Å²) in [5.41, 5.74) is 2.01. The maximum Gasteiger partial charge on any atom is 0.416 e. The van der Waals surface area contributed by atoms with E-state index in [0.717, 1.165) is 71.1 Å². The van der Waals surface area contributed by atoms with Crippen molar-refractivity contribution in [2.75, 3.05) is 76.3 Å². The molecule has 6 rings (SSSR count). The van der Waals surface area contributed by atoms with Gasteiger partial charge < -0.3 is 24.2 Å². The number of hydrogen-bond donors (Lipinski definition) is 0. The van der Waals surface area contributed by atoms with Crippen molar-refractivity contribution >= 4 is 45.6 Å². The van der Waals surface area contributed by atoms with Gasteiger partial charge in [-0.05, 0) is 62.4 Å². The van der Waals surface area contributed by atoms with Crippen LogP contribution in [0.25, 0.3) is 10.8 Å². The Hall–Kier alpha value is -3.93. The summed E-state index contributed by atoms with van der Waals surface area (Å²) in [7, 11) is 4.00. The molecule has 0 radical (unpaired) electrons. The van der Waals surface area contributed by atoms with E-state index in [1.807, 2.05) is 73.6 Å². The topological polar surface area (TPSA) is 48.5 Å². The van der Waals surface area contributed by atoms with Crippen LogP contribution in [0.4, 0.5) is 30.2 Å². The fourth-order valence-electron chi connectivity index (χ4n) is 6.32. The number of benzene rings is 4.